The Morgan fingerprint density at radius 1 is 0.852 bits per heavy atom. The molecule has 0 heterocycles. The van der Waals surface area contributed by atoms with Gasteiger partial charge < -0.3 is 4.74 Å². The number of hydrogen-bond acceptors (Lipinski definition) is 3. The van der Waals surface area contributed by atoms with Crippen LogP contribution in [-0.2, 0) is 10.0 Å². The van der Waals surface area contributed by atoms with E-state index in [0.717, 1.165) is 11.1 Å². The molecule has 0 spiro atoms. The summed E-state index contributed by atoms with van der Waals surface area (Å²) >= 11 is 0. The normalized spacial score (nSPS) is 12.1. The number of anilines is 1. The van der Waals surface area contributed by atoms with E-state index >= 15 is 0 Å². The molecule has 0 amide bonds. The zero-order valence-electron chi connectivity index (χ0n) is 17.3. The van der Waals surface area contributed by atoms with Crippen molar-refractivity contribution in [2.45, 2.75) is 64.2 Å². The lowest BCUT2D eigenvalue weighted by Crippen LogP contribution is -2.19. The average Bonchev–Trinajstić information content (AvgIpc) is 2.60. The Morgan fingerprint density at radius 3 is 1.81 bits per heavy atom. The number of nitrogens with one attached hydrogen (secondary N) is 1. The quantitative estimate of drug-likeness (QED) is 0.644. The molecule has 0 radical (unpaired) electrons. The van der Waals surface area contributed by atoms with Gasteiger partial charge in [-0.15, -0.1) is 0 Å². The number of hydrogen-bond donors (Lipinski definition) is 1. The van der Waals surface area contributed by atoms with Crippen LogP contribution in [0, 0.1) is 0 Å². The largest absolute Gasteiger partial charge is 0.495 e. The minimum Gasteiger partial charge on any atom is -0.495 e. The van der Waals surface area contributed by atoms with Gasteiger partial charge in [0, 0.05) is 0 Å². The van der Waals surface area contributed by atoms with Crippen molar-refractivity contribution in [2.75, 3.05) is 11.8 Å². The zero-order chi connectivity index (χ0) is 20.4. The predicted octanol–water partition coefficient (Wildman–Crippen LogP) is 5.87. The summed E-state index contributed by atoms with van der Waals surface area (Å²) in [5, 5.41) is 0. The van der Waals surface area contributed by atoms with Crippen LogP contribution in [0.25, 0.3) is 0 Å². The molecule has 0 atom stereocenters. The van der Waals surface area contributed by atoms with E-state index in [1.54, 1.807) is 18.2 Å². The van der Waals surface area contributed by atoms with E-state index in [9.17, 15) is 8.42 Å². The molecule has 0 unspecified atom stereocenters. The highest BCUT2D eigenvalue weighted by molar-refractivity contribution is 7.92. The standard InChI is InChI=1S/C22H31NO3S/c1-14(2)17-12-18(15(3)4)22(19(13-17)16(5)6)27(24,25)23-20-10-8-9-11-21(20)26-7/h8-16,23H,1-7H3. The Balaban J connectivity index is 2.70. The SMILES string of the molecule is COc1ccccc1NS(=O)(=O)c1c(C(C)C)cc(C(C)C)cc1C(C)C. The molecule has 27 heavy (non-hydrogen) atoms. The van der Waals surface area contributed by atoms with Gasteiger partial charge in [0.15, 0.2) is 0 Å². The Kier molecular flexibility index (Phi) is 6.58. The molecule has 0 aliphatic heterocycles. The van der Waals surface area contributed by atoms with E-state index in [0.29, 0.717) is 22.3 Å². The number of sulfonamides is 1. The van der Waals surface area contributed by atoms with Gasteiger partial charge >= 0.3 is 0 Å². The van der Waals surface area contributed by atoms with Gasteiger partial charge in [-0.1, -0.05) is 65.8 Å². The van der Waals surface area contributed by atoms with E-state index in [2.05, 4.69) is 18.6 Å². The van der Waals surface area contributed by atoms with Crippen LogP contribution in [0.3, 0.4) is 0 Å². The van der Waals surface area contributed by atoms with E-state index in [4.69, 9.17) is 4.74 Å². The highest BCUT2D eigenvalue weighted by Crippen LogP contribution is 2.36. The summed E-state index contributed by atoms with van der Waals surface area (Å²) in [5.74, 6) is 1.01. The fraction of sp³-hybridized carbons (Fsp3) is 0.455. The lowest BCUT2D eigenvalue weighted by Gasteiger charge is -2.23. The molecule has 2 aromatic rings. The van der Waals surface area contributed by atoms with Gasteiger partial charge in [-0.2, -0.15) is 0 Å². The molecular formula is C22H31NO3S. The maximum atomic E-state index is 13.4. The van der Waals surface area contributed by atoms with E-state index < -0.39 is 10.0 Å². The first-order valence-corrected chi connectivity index (χ1v) is 10.9. The zero-order valence-corrected chi connectivity index (χ0v) is 18.1. The summed E-state index contributed by atoms with van der Waals surface area (Å²) in [4.78, 5) is 0.391. The van der Waals surface area contributed by atoms with Crippen LogP contribution >= 0.6 is 0 Å². The topological polar surface area (TPSA) is 55.4 Å². The van der Waals surface area contributed by atoms with Crippen LogP contribution in [0.5, 0.6) is 5.75 Å². The number of benzene rings is 2. The Hall–Kier alpha value is -2.01. The number of methoxy groups -OCH3 is 1. The third-order valence-corrected chi connectivity index (χ3v) is 6.20. The maximum Gasteiger partial charge on any atom is 0.262 e. The first-order valence-electron chi connectivity index (χ1n) is 9.42. The first kappa shape index (κ1) is 21.3. The molecule has 148 valence electrons. The molecule has 0 aliphatic carbocycles. The summed E-state index contributed by atoms with van der Waals surface area (Å²) in [6.07, 6.45) is 0. The van der Waals surface area contributed by atoms with Gasteiger partial charge in [-0.05, 0) is 46.6 Å². The van der Waals surface area contributed by atoms with E-state index in [1.165, 1.54) is 12.7 Å². The molecule has 0 aromatic heterocycles. The second-order valence-electron chi connectivity index (χ2n) is 7.80. The maximum absolute atomic E-state index is 13.4. The summed E-state index contributed by atoms with van der Waals surface area (Å²) in [6.45, 7) is 12.4. The Morgan fingerprint density at radius 2 is 1.37 bits per heavy atom. The highest BCUT2D eigenvalue weighted by Gasteiger charge is 2.27. The number of ether oxygens (including phenoxy) is 1. The van der Waals surface area contributed by atoms with Crippen LogP contribution in [-0.4, -0.2) is 15.5 Å². The lowest BCUT2D eigenvalue weighted by molar-refractivity contribution is 0.417. The van der Waals surface area contributed by atoms with Gasteiger partial charge in [0.2, 0.25) is 0 Å². The average molecular weight is 390 g/mol. The van der Waals surface area contributed by atoms with Crippen molar-refractivity contribution in [1.82, 2.24) is 0 Å². The molecular weight excluding hydrogens is 358 g/mol. The Labute approximate surface area is 164 Å². The van der Waals surface area contributed by atoms with Gasteiger partial charge in [-0.25, -0.2) is 8.42 Å². The van der Waals surface area contributed by atoms with Crippen LogP contribution < -0.4 is 9.46 Å². The third-order valence-electron chi connectivity index (χ3n) is 4.70. The van der Waals surface area contributed by atoms with Crippen molar-refractivity contribution in [3.05, 3.63) is 53.1 Å². The first-order chi connectivity index (χ1) is 12.6. The van der Waals surface area contributed by atoms with Crippen molar-refractivity contribution < 1.29 is 13.2 Å². The molecule has 0 bridgehead atoms. The van der Waals surface area contributed by atoms with Crippen molar-refractivity contribution in [3.63, 3.8) is 0 Å². The fourth-order valence-electron chi connectivity index (χ4n) is 3.12. The van der Waals surface area contributed by atoms with Crippen LogP contribution in [0.15, 0.2) is 41.3 Å². The molecule has 0 saturated heterocycles. The minimum absolute atomic E-state index is 0.0884. The summed E-state index contributed by atoms with van der Waals surface area (Å²) in [6, 6.07) is 11.1. The molecule has 2 rings (SSSR count). The third kappa shape index (κ3) is 4.64. The van der Waals surface area contributed by atoms with Gasteiger partial charge in [-0.3, -0.25) is 4.72 Å². The molecule has 0 saturated carbocycles. The van der Waals surface area contributed by atoms with Crippen LogP contribution in [0.2, 0.25) is 0 Å². The monoisotopic (exact) mass is 389 g/mol. The highest BCUT2D eigenvalue weighted by atomic mass is 32.2. The van der Waals surface area contributed by atoms with Crippen molar-refractivity contribution in [3.8, 4) is 5.75 Å². The van der Waals surface area contributed by atoms with Crippen LogP contribution in [0.4, 0.5) is 5.69 Å². The van der Waals surface area contributed by atoms with Crippen molar-refractivity contribution in [1.29, 1.82) is 0 Å². The van der Waals surface area contributed by atoms with E-state index in [-0.39, 0.29) is 11.8 Å². The second kappa shape index (κ2) is 8.34. The number of rotatable bonds is 7. The predicted molar refractivity (Wildman–Crippen MR) is 113 cm³/mol. The molecule has 0 aliphatic rings. The molecule has 4 nitrogen and oxygen atoms in total. The molecule has 1 N–H and O–H groups in total. The lowest BCUT2D eigenvalue weighted by atomic mass is 9.89. The van der Waals surface area contributed by atoms with E-state index in [1.807, 2.05) is 45.9 Å². The summed E-state index contributed by atoms with van der Waals surface area (Å²) in [5.41, 5.74) is 3.32. The summed E-state index contributed by atoms with van der Waals surface area (Å²) in [7, 11) is -2.24. The smallest absolute Gasteiger partial charge is 0.262 e. The fourth-order valence-corrected chi connectivity index (χ4v) is 4.89. The van der Waals surface area contributed by atoms with Crippen LogP contribution in [0.1, 0.15) is 76.0 Å². The van der Waals surface area contributed by atoms with Crippen molar-refractivity contribution in [2.24, 2.45) is 0 Å². The van der Waals surface area contributed by atoms with Gasteiger partial charge in [0.05, 0.1) is 17.7 Å². The summed E-state index contributed by atoms with van der Waals surface area (Å²) < 4.78 is 34.9. The molecule has 5 heteroatoms. The minimum atomic E-state index is -3.77. The van der Waals surface area contributed by atoms with Gasteiger partial charge in [0.25, 0.3) is 10.0 Å². The molecule has 2 aromatic carbocycles. The number of para-hydroxylation sites is 2. The van der Waals surface area contributed by atoms with Gasteiger partial charge in [0.1, 0.15) is 5.75 Å². The molecule has 0 fully saturated rings. The Bertz CT molecular complexity index is 871. The second-order valence-corrected chi connectivity index (χ2v) is 9.42. The van der Waals surface area contributed by atoms with Crippen molar-refractivity contribution >= 4 is 15.7 Å².